The van der Waals surface area contributed by atoms with E-state index in [0.29, 0.717) is 5.69 Å². The molecule has 24 heavy (non-hydrogen) atoms. The van der Waals surface area contributed by atoms with Gasteiger partial charge in [0, 0.05) is 28.2 Å². The van der Waals surface area contributed by atoms with Crippen LogP contribution in [0, 0.1) is 5.82 Å². The Morgan fingerprint density at radius 2 is 1.71 bits per heavy atom. The van der Waals surface area contributed by atoms with Crippen molar-refractivity contribution in [3.63, 3.8) is 0 Å². The Hall–Kier alpha value is -1.94. The predicted molar refractivity (Wildman–Crippen MR) is 93.5 cm³/mol. The van der Waals surface area contributed by atoms with Crippen molar-refractivity contribution in [1.29, 1.82) is 0 Å². The highest BCUT2D eigenvalue weighted by atomic mass is 31.2. The van der Waals surface area contributed by atoms with E-state index in [2.05, 4.69) is 0 Å². The van der Waals surface area contributed by atoms with Crippen molar-refractivity contribution in [2.75, 3.05) is 0 Å². The van der Waals surface area contributed by atoms with Crippen LogP contribution in [0.1, 0.15) is 25.6 Å². The molecular weight excluding hydrogens is 328 g/mol. The number of nitrogens with zero attached hydrogens (tertiary/aromatic N) is 1. The molecule has 4 nitrogen and oxygen atoms in total. The van der Waals surface area contributed by atoms with Crippen LogP contribution in [0.2, 0.25) is 0 Å². The highest BCUT2D eigenvalue weighted by Gasteiger charge is 2.25. The summed E-state index contributed by atoms with van der Waals surface area (Å²) in [6, 6.07) is 13.7. The number of fused-ring (bicyclic) bond motifs is 1. The Labute approximate surface area is 139 Å². The number of benzene rings is 2. The van der Waals surface area contributed by atoms with Crippen molar-refractivity contribution in [1.82, 2.24) is 4.57 Å². The van der Waals surface area contributed by atoms with Gasteiger partial charge in [-0.3, -0.25) is 4.57 Å². The van der Waals surface area contributed by atoms with E-state index in [4.69, 9.17) is 0 Å². The third-order valence-corrected chi connectivity index (χ3v) is 4.73. The fourth-order valence-corrected chi connectivity index (χ4v) is 3.90. The van der Waals surface area contributed by atoms with Crippen molar-refractivity contribution < 1.29 is 18.7 Å². The molecule has 0 bridgehead atoms. The Bertz CT molecular complexity index is 925. The largest absolute Gasteiger partial charge is 0.341 e. The van der Waals surface area contributed by atoms with E-state index in [1.165, 1.54) is 12.1 Å². The summed E-state index contributed by atoms with van der Waals surface area (Å²) in [7, 11) is -4.26. The quantitative estimate of drug-likeness (QED) is 0.672. The molecule has 0 saturated heterocycles. The third-order valence-electron chi connectivity index (χ3n) is 4.02. The van der Waals surface area contributed by atoms with Gasteiger partial charge in [0.05, 0.1) is 6.16 Å². The second-order valence-electron chi connectivity index (χ2n) is 6.13. The van der Waals surface area contributed by atoms with E-state index in [0.717, 1.165) is 22.0 Å². The van der Waals surface area contributed by atoms with E-state index in [1.807, 2.05) is 42.7 Å². The molecule has 2 N–H and O–H groups in total. The van der Waals surface area contributed by atoms with Gasteiger partial charge in [-0.2, -0.15) is 0 Å². The first-order valence-corrected chi connectivity index (χ1v) is 9.50. The molecule has 0 spiro atoms. The van der Waals surface area contributed by atoms with Gasteiger partial charge in [0.25, 0.3) is 0 Å². The van der Waals surface area contributed by atoms with Crippen LogP contribution in [0.5, 0.6) is 0 Å². The zero-order valence-electron chi connectivity index (χ0n) is 13.5. The summed E-state index contributed by atoms with van der Waals surface area (Å²) >= 11 is 0. The van der Waals surface area contributed by atoms with Crippen LogP contribution in [0.15, 0.2) is 48.5 Å². The molecule has 0 unspecified atom stereocenters. The fourth-order valence-electron chi connectivity index (χ4n) is 3.20. The lowest BCUT2D eigenvalue weighted by molar-refractivity contribution is 0.370. The summed E-state index contributed by atoms with van der Waals surface area (Å²) in [5.41, 5.74) is 2.99. The summed E-state index contributed by atoms with van der Waals surface area (Å²) in [4.78, 5) is 19.1. The summed E-state index contributed by atoms with van der Waals surface area (Å²) < 4.78 is 27.0. The van der Waals surface area contributed by atoms with Crippen LogP contribution >= 0.6 is 7.60 Å². The van der Waals surface area contributed by atoms with E-state index in [1.54, 1.807) is 12.1 Å². The first kappa shape index (κ1) is 16.9. The lowest BCUT2D eigenvalue weighted by Crippen LogP contribution is -2.06. The van der Waals surface area contributed by atoms with Crippen molar-refractivity contribution in [2.24, 2.45) is 0 Å². The van der Waals surface area contributed by atoms with Gasteiger partial charge < -0.3 is 14.4 Å². The lowest BCUT2D eigenvalue weighted by atomic mass is 10.0. The number of hydrogen-bond acceptors (Lipinski definition) is 1. The smallest absolute Gasteiger partial charge is 0.331 e. The molecule has 3 rings (SSSR count). The summed E-state index contributed by atoms with van der Waals surface area (Å²) in [6.07, 6.45) is -0.355. The van der Waals surface area contributed by atoms with Crippen LogP contribution in [-0.4, -0.2) is 14.4 Å². The van der Waals surface area contributed by atoms with Crippen LogP contribution in [-0.2, 0) is 10.7 Å². The molecule has 1 aromatic heterocycles. The van der Waals surface area contributed by atoms with Gasteiger partial charge in [-0.15, -0.1) is 0 Å². The minimum Gasteiger partial charge on any atom is -0.341 e. The van der Waals surface area contributed by atoms with Gasteiger partial charge in [0.1, 0.15) is 5.82 Å². The first-order chi connectivity index (χ1) is 11.3. The Morgan fingerprint density at radius 3 is 2.29 bits per heavy atom. The standard InChI is InChI=1S/C18H19FNO3P/c1-12(2)20-16-6-4-3-5-15(16)18(17(20)11-24(21,22)23)13-7-9-14(19)10-8-13/h3-10,12H,11H2,1-2H3,(H2,21,22,23). The average molecular weight is 347 g/mol. The number of halogens is 1. The molecule has 6 heteroatoms. The molecule has 0 saturated carbocycles. The SMILES string of the molecule is CC(C)n1c(CP(=O)(O)O)c(-c2ccc(F)cc2)c2ccccc21. The topological polar surface area (TPSA) is 62.5 Å². The molecule has 0 aliphatic carbocycles. The summed E-state index contributed by atoms with van der Waals surface area (Å²) in [5.74, 6) is -0.345. The molecule has 0 aliphatic heterocycles. The highest BCUT2D eigenvalue weighted by Crippen LogP contribution is 2.46. The van der Waals surface area contributed by atoms with Gasteiger partial charge in [-0.1, -0.05) is 30.3 Å². The van der Waals surface area contributed by atoms with E-state index >= 15 is 0 Å². The zero-order chi connectivity index (χ0) is 17.5. The Balaban J connectivity index is 2.39. The molecule has 2 aromatic carbocycles. The lowest BCUT2D eigenvalue weighted by Gasteiger charge is -2.16. The van der Waals surface area contributed by atoms with E-state index in [-0.39, 0.29) is 18.0 Å². The van der Waals surface area contributed by atoms with Crippen LogP contribution in [0.3, 0.4) is 0 Å². The van der Waals surface area contributed by atoms with E-state index < -0.39 is 7.60 Å². The fraction of sp³-hybridized carbons (Fsp3) is 0.222. The molecule has 0 atom stereocenters. The second-order valence-corrected chi connectivity index (χ2v) is 7.78. The third kappa shape index (κ3) is 3.16. The van der Waals surface area contributed by atoms with Crippen LogP contribution in [0.4, 0.5) is 4.39 Å². The Kier molecular flexibility index (Phi) is 4.35. The van der Waals surface area contributed by atoms with Crippen molar-refractivity contribution in [2.45, 2.75) is 26.1 Å². The molecular formula is C18H19FNO3P. The van der Waals surface area contributed by atoms with Gasteiger partial charge >= 0.3 is 7.60 Å². The zero-order valence-corrected chi connectivity index (χ0v) is 14.4. The molecule has 0 aliphatic rings. The van der Waals surface area contributed by atoms with Gasteiger partial charge in [0.2, 0.25) is 0 Å². The molecule has 0 amide bonds. The molecule has 0 fully saturated rings. The summed E-state index contributed by atoms with van der Waals surface area (Å²) in [6.45, 7) is 3.95. The average Bonchev–Trinajstić information content (AvgIpc) is 2.80. The monoisotopic (exact) mass is 347 g/mol. The maximum absolute atomic E-state index is 13.3. The normalized spacial score (nSPS) is 12.2. The number of hydrogen-bond donors (Lipinski definition) is 2. The molecule has 3 aromatic rings. The maximum atomic E-state index is 13.3. The van der Waals surface area contributed by atoms with Crippen molar-refractivity contribution >= 4 is 18.5 Å². The molecule has 0 radical (unpaired) electrons. The maximum Gasteiger partial charge on any atom is 0.331 e. The van der Waals surface area contributed by atoms with Crippen LogP contribution in [0.25, 0.3) is 22.0 Å². The molecule has 1 heterocycles. The highest BCUT2D eigenvalue weighted by molar-refractivity contribution is 7.50. The first-order valence-electron chi connectivity index (χ1n) is 7.70. The predicted octanol–water partition coefficient (Wildman–Crippen LogP) is 4.71. The van der Waals surface area contributed by atoms with Crippen LogP contribution < -0.4 is 0 Å². The minimum absolute atomic E-state index is 0.0330. The Morgan fingerprint density at radius 1 is 1.08 bits per heavy atom. The number of para-hydroxylation sites is 1. The van der Waals surface area contributed by atoms with Gasteiger partial charge in [0.15, 0.2) is 0 Å². The minimum atomic E-state index is -4.26. The van der Waals surface area contributed by atoms with Crippen molar-refractivity contribution in [3.05, 3.63) is 60.0 Å². The van der Waals surface area contributed by atoms with Gasteiger partial charge in [-0.05, 0) is 37.6 Å². The summed E-state index contributed by atoms with van der Waals surface area (Å²) in [5, 5.41) is 0.904. The molecule has 126 valence electrons. The van der Waals surface area contributed by atoms with E-state index in [9.17, 15) is 18.7 Å². The number of rotatable bonds is 4. The van der Waals surface area contributed by atoms with Gasteiger partial charge in [-0.25, -0.2) is 4.39 Å². The second kappa shape index (κ2) is 6.17. The number of aromatic nitrogens is 1. The van der Waals surface area contributed by atoms with Crippen molar-refractivity contribution in [3.8, 4) is 11.1 Å².